The lowest BCUT2D eigenvalue weighted by atomic mass is 10.1. The standard InChI is InChI=1S/C13H17NO3/c1-9-6-7-14(13(9)15)11-5-4-10(16-2)8-12(11)17-3/h4-5,8-9H,6-7H2,1-3H3. The number of methoxy groups -OCH3 is 2. The molecule has 1 unspecified atom stereocenters. The van der Waals surface area contributed by atoms with Crippen molar-refractivity contribution in [2.75, 3.05) is 25.7 Å². The molecule has 1 aromatic carbocycles. The van der Waals surface area contributed by atoms with Crippen LogP contribution in [0, 0.1) is 5.92 Å². The third kappa shape index (κ3) is 2.07. The summed E-state index contributed by atoms with van der Waals surface area (Å²) in [6.45, 7) is 2.71. The van der Waals surface area contributed by atoms with Crippen LogP contribution in [0.15, 0.2) is 18.2 Å². The fraction of sp³-hybridized carbons (Fsp3) is 0.462. The monoisotopic (exact) mass is 235 g/mol. The molecule has 17 heavy (non-hydrogen) atoms. The molecule has 0 aliphatic carbocycles. The Kier molecular flexibility index (Phi) is 3.22. The fourth-order valence-electron chi connectivity index (χ4n) is 2.07. The van der Waals surface area contributed by atoms with Gasteiger partial charge in [-0.05, 0) is 18.6 Å². The van der Waals surface area contributed by atoms with Crippen LogP contribution >= 0.6 is 0 Å². The summed E-state index contributed by atoms with van der Waals surface area (Å²) in [4.78, 5) is 13.7. The molecule has 0 saturated carbocycles. The van der Waals surface area contributed by atoms with Crippen molar-refractivity contribution in [2.45, 2.75) is 13.3 Å². The van der Waals surface area contributed by atoms with Crippen molar-refractivity contribution in [3.05, 3.63) is 18.2 Å². The number of ether oxygens (including phenoxy) is 2. The maximum Gasteiger partial charge on any atom is 0.229 e. The number of rotatable bonds is 3. The van der Waals surface area contributed by atoms with Gasteiger partial charge in [-0.25, -0.2) is 0 Å². The van der Waals surface area contributed by atoms with Gasteiger partial charge in [0.2, 0.25) is 5.91 Å². The molecule has 1 fully saturated rings. The van der Waals surface area contributed by atoms with E-state index in [1.165, 1.54) is 0 Å². The topological polar surface area (TPSA) is 38.8 Å². The average Bonchev–Trinajstić information content (AvgIpc) is 2.69. The highest BCUT2D eigenvalue weighted by Crippen LogP contribution is 2.35. The van der Waals surface area contributed by atoms with Gasteiger partial charge < -0.3 is 14.4 Å². The third-order valence-electron chi connectivity index (χ3n) is 3.15. The van der Waals surface area contributed by atoms with Crippen molar-refractivity contribution in [1.29, 1.82) is 0 Å². The highest BCUT2D eigenvalue weighted by Gasteiger charge is 2.30. The predicted molar refractivity (Wildman–Crippen MR) is 65.7 cm³/mol. The quantitative estimate of drug-likeness (QED) is 0.805. The normalized spacial score (nSPS) is 19.6. The first-order valence-corrected chi connectivity index (χ1v) is 5.70. The summed E-state index contributed by atoms with van der Waals surface area (Å²) in [5.74, 6) is 1.66. The summed E-state index contributed by atoms with van der Waals surface area (Å²) < 4.78 is 10.4. The van der Waals surface area contributed by atoms with Crippen molar-refractivity contribution >= 4 is 11.6 Å². The van der Waals surface area contributed by atoms with Gasteiger partial charge >= 0.3 is 0 Å². The molecule has 1 aliphatic heterocycles. The molecule has 1 amide bonds. The number of nitrogens with zero attached hydrogens (tertiary/aromatic N) is 1. The smallest absolute Gasteiger partial charge is 0.229 e. The first-order chi connectivity index (χ1) is 8.17. The second-order valence-electron chi connectivity index (χ2n) is 4.22. The Balaban J connectivity index is 2.35. The zero-order chi connectivity index (χ0) is 12.4. The van der Waals surface area contributed by atoms with Crippen molar-refractivity contribution < 1.29 is 14.3 Å². The van der Waals surface area contributed by atoms with Crippen LogP contribution in [0.25, 0.3) is 0 Å². The Morgan fingerprint density at radius 2 is 2.06 bits per heavy atom. The van der Waals surface area contributed by atoms with Crippen LogP contribution in [0.5, 0.6) is 11.5 Å². The second-order valence-corrected chi connectivity index (χ2v) is 4.22. The molecule has 4 nitrogen and oxygen atoms in total. The second kappa shape index (κ2) is 4.65. The molecule has 92 valence electrons. The van der Waals surface area contributed by atoms with E-state index in [0.717, 1.165) is 24.4 Å². The summed E-state index contributed by atoms with van der Waals surface area (Å²) in [7, 11) is 3.21. The van der Waals surface area contributed by atoms with Crippen LogP contribution in [0.3, 0.4) is 0 Å². The van der Waals surface area contributed by atoms with E-state index in [-0.39, 0.29) is 11.8 Å². The molecular weight excluding hydrogens is 218 g/mol. The molecule has 1 aliphatic rings. The largest absolute Gasteiger partial charge is 0.497 e. The van der Waals surface area contributed by atoms with Gasteiger partial charge in [-0.2, -0.15) is 0 Å². The van der Waals surface area contributed by atoms with E-state index in [1.54, 1.807) is 25.2 Å². The molecule has 1 saturated heterocycles. The van der Waals surface area contributed by atoms with E-state index < -0.39 is 0 Å². The maximum absolute atomic E-state index is 12.0. The number of hydrogen-bond acceptors (Lipinski definition) is 3. The van der Waals surface area contributed by atoms with Gasteiger partial charge in [0.05, 0.1) is 19.9 Å². The van der Waals surface area contributed by atoms with Gasteiger partial charge in [-0.1, -0.05) is 6.92 Å². The van der Waals surface area contributed by atoms with Crippen LogP contribution in [0.2, 0.25) is 0 Å². The third-order valence-corrected chi connectivity index (χ3v) is 3.15. The van der Waals surface area contributed by atoms with Crippen LogP contribution in [-0.2, 0) is 4.79 Å². The highest BCUT2D eigenvalue weighted by atomic mass is 16.5. The number of carbonyl (C=O) groups excluding carboxylic acids is 1. The molecular formula is C13H17NO3. The zero-order valence-corrected chi connectivity index (χ0v) is 10.4. The molecule has 0 N–H and O–H groups in total. The molecule has 0 radical (unpaired) electrons. The highest BCUT2D eigenvalue weighted by molar-refractivity contribution is 5.98. The van der Waals surface area contributed by atoms with Gasteiger partial charge in [0.15, 0.2) is 0 Å². The SMILES string of the molecule is COc1ccc(N2CCC(C)C2=O)c(OC)c1. The predicted octanol–water partition coefficient (Wildman–Crippen LogP) is 2.08. The van der Waals surface area contributed by atoms with Crippen LogP contribution in [0.1, 0.15) is 13.3 Å². The minimum absolute atomic E-state index is 0.0989. The molecule has 1 heterocycles. The van der Waals surface area contributed by atoms with Crippen molar-refractivity contribution in [3.8, 4) is 11.5 Å². The lowest BCUT2D eigenvalue weighted by Crippen LogP contribution is -2.26. The first-order valence-electron chi connectivity index (χ1n) is 5.70. The number of hydrogen-bond donors (Lipinski definition) is 0. The van der Waals surface area contributed by atoms with Gasteiger partial charge in [-0.15, -0.1) is 0 Å². The number of benzene rings is 1. The summed E-state index contributed by atoms with van der Waals surface area (Å²) in [5, 5.41) is 0. The average molecular weight is 235 g/mol. The maximum atomic E-state index is 12.0. The minimum Gasteiger partial charge on any atom is -0.497 e. The lowest BCUT2D eigenvalue weighted by Gasteiger charge is -2.19. The van der Waals surface area contributed by atoms with E-state index in [0.29, 0.717) is 5.75 Å². The molecule has 0 aromatic heterocycles. The molecule has 1 atom stereocenters. The number of carbonyl (C=O) groups is 1. The molecule has 4 heteroatoms. The van der Waals surface area contributed by atoms with Crippen LogP contribution < -0.4 is 14.4 Å². The van der Waals surface area contributed by atoms with E-state index in [4.69, 9.17) is 9.47 Å². The number of amides is 1. The first kappa shape index (κ1) is 11.8. The summed E-state index contributed by atoms with van der Waals surface area (Å²) in [6.07, 6.45) is 0.897. The van der Waals surface area contributed by atoms with Crippen LogP contribution in [-0.4, -0.2) is 26.7 Å². The molecule has 0 bridgehead atoms. The zero-order valence-electron chi connectivity index (χ0n) is 10.4. The van der Waals surface area contributed by atoms with Crippen molar-refractivity contribution in [3.63, 3.8) is 0 Å². The van der Waals surface area contributed by atoms with Gasteiger partial charge in [0, 0.05) is 18.5 Å². The lowest BCUT2D eigenvalue weighted by molar-refractivity contribution is -0.119. The minimum atomic E-state index is 0.0989. The van der Waals surface area contributed by atoms with E-state index in [1.807, 2.05) is 19.1 Å². The van der Waals surface area contributed by atoms with E-state index in [2.05, 4.69) is 0 Å². The van der Waals surface area contributed by atoms with Crippen molar-refractivity contribution in [2.24, 2.45) is 5.92 Å². The van der Waals surface area contributed by atoms with Gasteiger partial charge in [-0.3, -0.25) is 4.79 Å². The fourth-order valence-corrected chi connectivity index (χ4v) is 2.07. The Morgan fingerprint density at radius 3 is 2.59 bits per heavy atom. The Bertz CT molecular complexity index is 431. The van der Waals surface area contributed by atoms with Gasteiger partial charge in [0.1, 0.15) is 11.5 Å². The summed E-state index contributed by atoms with van der Waals surface area (Å²) >= 11 is 0. The summed E-state index contributed by atoms with van der Waals surface area (Å²) in [5.41, 5.74) is 0.822. The summed E-state index contributed by atoms with van der Waals surface area (Å²) in [6, 6.07) is 5.51. The van der Waals surface area contributed by atoms with E-state index >= 15 is 0 Å². The van der Waals surface area contributed by atoms with Crippen LogP contribution in [0.4, 0.5) is 5.69 Å². The Morgan fingerprint density at radius 1 is 1.29 bits per heavy atom. The Labute approximate surface area is 101 Å². The molecule has 1 aromatic rings. The molecule has 2 rings (SSSR count). The van der Waals surface area contributed by atoms with Crippen molar-refractivity contribution in [1.82, 2.24) is 0 Å². The van der Waals surface area contributed by atoms with Gasteiger partial charge in [0.25, 0.3) is 0 Å². The number of anilines is 1. The molecule has 0 spiro atoms. The Hall–Kier alpha value is -1.71. The van der Waals surface area contributed by atoms with E-state index in [9.17, 15) is 4.79 Å².